The molecule has 0 fully saturated rings. The van der Waals surface area contributed by atoms with Crippen molar-refractivity contribution in [1.82, 2.24) is 0 Å². The zero-order valence-electron chi connectivity index (χ0n) is 11.4. The summed E-state index contributed by atoms with van der Waals surface area (Å²) < 4.78 is 0. The maximum Gasteiger partial charge on any atom is 0.328 e. The number of carboxylic acid groups (broad SMARTS) is 1. The van der Waals surface area contributed by atoms with Crippen LogP contribution in [0.15, 0.2) is 28.2 Å². The minimum atomic E-state index is -0.943. The second kappa shape index (κ2) is 7.15. The quantitative estimate of drug-likeness (QED) is 0.736. The Morgan fingerprint density at radius 3 is 2.95 bits per heavy atom. The summed E-state index contributed by atoms with van der Waals surface area (Å²) >= 11 is 6.19. The molecule has 5 nitrogen and oxygen atoms in total. The van der Waals surface area contributed by atoms with E-state index in [1.54, 1.807) is 18.4 Å². The van der Waals surface area contributed by atoms with Gasteiger partial charge in [0.15, 0.2) is 0 Å². The Balaban J connectivity index is 2.03. The molecule has 0 radical (unpaired) electrons. The smallest absolute Gasteiger partial charge is 0.328 e. The van der Waals surface area contributed by atoms with Gasteiger partial charge in [-0.15, -0.1) is 0 Å². The zero-order chi connectivity index (χ0) is 15.2. The van der Waals surface area contributed by atoms with Gasteiger partial charge in [-0.2, -0.15) is 0 Å². The Kier molecular flexibility index (Phi) is 5.25. The van der Waals surface area contributed by atoms with Crippen molar-refractivity contribution < 1.29 is 9.90 Å². The lowest BCUT2D eigenvalue weighted by molar-refractivity contribution is -0.138. The van der Waals surface area contributed by atoms with Crippen molar-refractivity contribution in [2.24, 2.45) is 15.7 Å². The standard InChI is InChI=1S/C15H16ClN3O2/c16-13-10(5-6-11-9-19-14(11)13)3-2-8-18-12(15(20)21)4-1-7-17/h2-3,5-6,8-9,12H,1,4,7,17H2,(H,20,21)/b3-2+,18-8?. The highest BCUT2D eigenvalue weighted by Gasteiger charge is 2.13. The summed E-state index contributed by atoms with van der Waals surface area (Å²) in [7, 11) is 0. The van der Waals surface area contributed by atoms with Crippen molar-refractivity contribution in [3.63, 3.8) is 0 Å². The number of aliphatic imine (C=N–C) groups is 1. The highest BCUT2D eigenvalue weighted by atomic mass is 35.5. The molecule has 0 amide bonds. The minimum absolute atomic E-state index is 0.435. The van der Waals surface area contributed by atoms with Crippen molar-refractivity contribution in [3.8, 4) is 0 Å². The third kappa shape index (κ3) is 3.77. The number of nitrogens with zero attached hydrogens (tertiary/aromatic N) is 2. The van der Waals surface area contributed by atoms with Crippen LogP contribution in [-0.2, 0) is 4.79 Å². The monoisotopic (exact) mass is 305 g/mol. The van der Waals surface area contributed by atoms with Crippen LogP contribution < -0.4 is 16.3 Å². The second-order valence-corrected chi connectivity index (χ2v) is 4.98. The van der Waals surface area contributed by atoms with Crippen LogP contribution in [0.4, 0.5) is 0 Å². The summed E-state index contributed by atoms with van der Waals surface area (Å²) in [4.78, 5) is 19.1. The molecule has 1 atom stereocenters. The third-order valence-corrected chi connectivity index (χ3v) is 3.50. The lowest BCUT2D eigenvalue weighted by atomic mass is 10.1. The van der Waals surface area contributed by atoms with Crippen LogP contribution in [0.2, 0.25) is 5.02 Å². The number of nitrogens with two attached hydrogens (primary N) is 1. The molecule has 1 unspecified atom stereocenters. The molecule has 1 heterocycles. The molecule has 0 saturated heterocycles. The first kappa shape index (κ1) is 15.4. The van der Waals surface area contributed by atoms with E-state index < -0.39 is 12.0 Å². The highest BCUT2D eigenvalue weighted by molar-refractivity contribution is 6.32. The zero-order valence-corrected chi connectivity index (χ0v) is 12.1. The molecule has 0 aliphatic carbocycles. The van der Waals surface area contributed by atoms with Gasteiger partial charge in [-0.1, -0.05) is 29.8 Å². The van der Waals surface area contributed by atoms with Crippen LogP contribution in [0.1, 0.15) is 18.4 Å². The average Bonchev–Trinajstić information content (AvgIpc) is 2.41. The lowest BCUT2D eigenvalue weighted by Crippen LogP contribution is -2.32. The first-order chi connectivity index (χ1) is 10.1. The van der Waals surface area contributed by atoms with Gasteiger partial charge in [0.2, 0.25) is 0 Å². The van der Waals surface area contributed by atoms with Crippen LogP contribution >= 0.6 is 11.6 Å². The third-order valence-electron chi connectivity index (χ3n) is 3.10. The average molecular weight is 306 g/mol. The number of allylic oxidation sites excluding steroid dienone is 1. The maximum absolute atomic E-state index is 11.0. The van der Waals surface area contributed by atoms with Crippen molar-refractivity contribution in [1.29, 1.82) is 0 Å². The van der Waals surface area contributed by atoms with Gasteiger partial charge in [-0.3, -0.25) is 9.98 Å². The van der Waals surface area contributed by atoms with Crippen LogP contribution in [0.5, 0.6) is 0 Å². The number of carbonyl (C=O) groups is 1. The molecule has 0 saturated carbocycles. The maximum atomic E-state index is 11.0. The van der Waals surface area contributed by atoms with Gasteiger partial charge in [-0.05, 0) is 31.0 Å². The van der Waals surface area contributed by atoms with Crippen LogP contribution in [-0.4, -0.2) is 29.9 Å². The van der Waals surface area contributed by atoms with E-state index in [4.69, 9.17) is 22.4 Å². The molecule has 6 heteroatoms. The Labute approximate surface area is 127 Å². The van der Waals surface area contributed by atoms with E-state index in [1.165, 1.54) is 6.21 Å². The van der Waals surface area contributed by atoms with E-state index in [-0.39, 0.29) is 0 Å². The van der Waals surface area contributed by atoms with Crippen molar-refractivity contribution in [2.75, 3.05) is 6.54 Å². The van der Waals surface area contributed by atoms with E-state index in [0.717, 1.165) is 16.1 Å². The van der Waals surface area contributed by atoms with E-state index in [1.807, 2.05) is 12.1 Å². The fourth-order valence-corrected chi connectivity index (χ4v) is 2.18. The predicted octanol–water partition coefficient (Wildman–Crippen LogP) is 0.987. The predicted molar refractivity (Wildman–Crippen MR) is 83.9 cm³/mol. The molecule has 0 spiro atoms. The topological polar surface area (TPSA) is 88.0 Å². The summed E-state index contributed by atoms with van der Waals surface area (Å²) in [5.74, 6) is -0.943. The highest BCUT2D eigenvalue weighted by Crippen LogP contribution is 2.11. The molecule has 0 aromatic heterocycles. The number of fused-ring (bicyclic) bond motifs is 1. The normalized spacial score (nSPS) is 14.4. The van der Waals surface area contributed by atoms with Crippen LogP contribution in [0.25, 0.3) is 12.3 Å². The Bertz CT molecular complexity index is 710. The Morgan fingerprint density at radius 2 is 2.33 bits per heavy atom. The largest absolute Gasteiger partial charge is 0.480 e. The molecule has 110 valence electrons. The lowest BCUT2D eigenvalue weighted by Gasteiger charge is -2.05. The van der Waals surface area contributed by atoms with Gasteiger partial charge in [0.1, 0.15) is 6.04 Å². The van der Waals surface area contributed by atoms with Gasteiger partial charge < -0.3 is 10.8 Å². The van der Waals surface area contributed by atoms with Gasteiger partial charge in [0.25, 0.3) is 0 Å². The van der Waals surface area contributed by atoms with Crippen molar-refractivity contribution >= 4 is 36.1 Å². The molecule has 2 rings (SSSR count). The van der Waals surface area contributed by atoms with Gasteiger partial charge in [-0.25, -0.2) is 4.79 Å². The first-order valence-corrected chi connectivity index (χ1v) is 7.00. The second-order valence-electron chi connectivity index (χ2n) is 4.61. The number of hydrogen-bond acceptors (Lipinski definition) is 4. The number of carboxylic acids is 1. The Hall–Kier alpha value is -1.98. The molecule has 21 heavy (non-hydrogen) atoms. The number of aliphatic carboxylic acids is 1. The summed E-state index contributed by atoms with van der Waals surface area (Å²) in [6.07, 6.45) is 7.76. The van der Waals surface area contributed by atoms with Gasteiger partial charge >= 0.3 is 5.97 Å². The molecule has 1 aliphatic heterocycles. The molecular formula is C15H16ClN3O2. The molecular weight excluding hydrogens is 290 g/mol. The van der Waals surface area contributed by atoms with E-state index in [9.17, 15) is 4.79 Å². The first-order valence-electron chi connectivity index (χ1n) is 6.62. The number of rotatable bonds is 7. The van der Waals surface area contributed by atoms with Gasteiger partial charge in [0, 0.05) is 17.6 Å². The van der Waals surface area contributed by atoms with Gasteiger partial charge in [0.05, 0.1) is 10.4 Å². The molecule has 1 aromatic rings. The minimum Gasteiger partial charge on any atom is -0.480 e. The number of hydrogen-bond donors (Lipinski definition) is 2. The molecule has 1 aliphatic rings. The molecule has 0 bridgehead atoms. The van der Waals surface area contributed by atoms with E-state index in [0.29, 0.717) is 24.4 Å². The number of halogens is 1. The van der Waals surface area contributed by atoms with E-state index in [2.05, 4.69) is 9.98 Å². The van der Waals surface area contributed by atoms with Crippen LogP contribution in [0, 0.1) is 0 Å². The SMILES string of the molecule is NCCCC(N=C/C=C/c1ccc2c(c1Cl)=NC=2)C(=O)O. The Morgan fingerprint density at radius 1 is 1.52 bits per heavy atom. The van der Waals surface area contributed by atoms with E-state index >= 15 is 0 Å². The molecule has 1 aromatic carbocycles. The van der Waals surface area contributed by atoms with Crippen molar-refractivity contribution in [2.45, 2.75) is 18.9 Å². The molecule has 3 N–H and O–H groups in total. The van der Waals surface area contributed by atoms with Crippen LogP contribution in [0.3, 0.4) is 0 Å². The summed E-state index contributed by atoms with van der Waals surface area (Å²) in [6, 6.07) is 3.07. The fourth-order valence-electron chi connectivity index (χ4n) is 1.90. The van der Waals surface area contributed by atoms with Crippen molar-refractivity contribution in [3.05, 3.63) is 39.4 Å². The summed E-state index contributed by atoms with van der Waals surface area (Å²) in [5.41, 5.74) is 6.20. The fraction of sp³-hybridized carbons (Fsp3) is 0.267. The summed E-state index contributed by atoms with van der Waals surface area (Å²) in [6.45, 7) is 0.459. The summed E-state index contributed by atoms with van der Waals surface area (Å²) in [5, 5.41) is 11.4. The number of benzene rings is 1.